The molecule has 5 heteroatoms. The minimum Gasteiger partial charge on any atom is -0.478 e. The summed E-state index contributed by atoms with van der Waals surface area (Å²) in [5, 5.41) is 8.51. The third-order valence-corrected chi connectivity index (χ3v) is 2.50. The third kappa shape index (κ3) is 2.23. The molecule has 0 fully saturated rings. The smallest absolute Gasteiger partial charge is 0.335 e. The Hall–Kier alpha value is -1.10. The fourth-order valence-corrected chi connectivity index (χ4v) is 1.65. The van der Waals surface area contributed by atoms with Crippen LogP contribution in [0.3, 0.4) is 0 Å². The van der Waals surface area contributed by atoms with Crippen LogP contribution >= 0.6 is 11.8 Å². The first kappa shape index (κ1) is 11.0. The molecule has 1 aromatic rings. The molecule has 0 aliphatic rings. The highest BCUT2D eigenvalue weighted by atomic mass is 32.2. The Balaban J connectivity index is 3.18. The first-order valence-electron chi connectivity index (χ1n) is 3.91. The second-order valence-corrected chi connectivity index (χ2v) is 3.78. The standard InChI is InChI=1S/C9H8F2O2S/c1-2-14-8-6(10)3-5(9(12)13)4-7(8)11/h3-4H,2H2,1H3,(H,12,13). The molecule has 0 unspecified atom stereocenters. The van der Waals surface area contributed by atoms with Crippen LogP contribution in [0.25, 0.3) is 0 Å². The zero-order valence-electron chi connectivity index (χ0n) is 7.38. The number of benzene rings is 1. The van der Waals surface area contributed by atoms with E-state index in [4.69, 9.17) is 5.11 Å². The summed E-state index contributed by atoms with van der Waals surface area (Å²) < 4.78 is 26.3. The first-order valence-corrected chi connectivity index (χ1v) is 4.90. The largest absolute Gasteiger partial charge is 0.478 e. The molecular weight excluding hydrogens is 210 g/mol. The molecule has 0 aliphatic carbocycles. The zero-order valence-corrected chi connectivity index (χ0v) is 8.20. The second-order valence-electron chi connectivity index (χ2n) is 2.51. The topological polar surface area (TPSA) is 37.3 Å². The van der Waals surface area contributed by atoms with Crippen LogP contribution in [0.2, 0.25) is 0 Å². The number of hydrogen-bond acceptors (Lipinski definition) is 2. The monoisotopic (exact) mass is 218 g/mol. The third-order valence-electron chi connectivity index (χ3n) is 1.53. The van der Waals surface area contributed by atoms with Crippen molar-refractivity contribution >= 4 is 17.7 Å². The van der Waals surface area contributed by atoms with Crippen molar-refractivity contribution in [2.75, 3.05) is 5.75 Å². The van der Waals surface area contributed by atoms with Crippen LogP contribution in [0.15, 0.2) is 17.0 Å². The summed E-state index contributed by atoms with van der Waals surface area (Å²) in [5.74, 6) is -2.46. The number of hydrogen-bond donors (Lipinski definition) is 1. The Labute approximate surface area is 83.9 Å². The molecule has 14 heavy (non-hydrogen) atoms. The van der Waals surface area contributed by atoms with Crippen molar-refractivity contribution in [3.8, 4) is 0 Å². The summed E-state index contributed by atoms with van der Waals surface area (Å²) in [7, 11) is 0. The maximum Gasteiger partial charge on any atom is 0.335 e. The minimum absolute atomic E-state index is 0.127. The lowest BCUT2D eigenvalue weighted by Gasteiger charge is -2.03. The summed E-state index contributed by atoms with van der Waals surface area (Å²) in [4.78, 5) is 10.3. The predicted octanol–water partition coefficient (Wildman–Crippen LogP) is 2.78. The van der Waals surface area contributed by atoms with Gasteiger partial charge in [-0.3, -0.25) is 0 Å². The molecule has 0 saturated carbocycles. The van der Waals surface area contributed by atoms with Crippen LogP contribution in [-0.2, 0) is 0 Å². The Morgan fingerprint density at radius 2 is 1.93 bits per heavy atom. The molecule has 0 amide bonds. The molecule has 0 saturated heterocycles. The number of rotatable bonds is 3. The van der Waals surface area contributed by atoms with E-state index in [1.54, 1.807) is 6.92 Å². The number of carboxylic acids is 1. The zero-order chi connectivity index (χ0) is 10.7. The van der Waals surface area contributed by atoms with Crippen LogP contribution in [-0.4, -0.2) is 16.8 Å². The minimum atomic E-state index is -1.34. The number of carboxylic acid groups (broad SMARTS) is 1. The van der Waals surface area contributed by atoms with Gasteiger partial charge >= 0.3 is 5.97 Å². The molecule has 0 spiro atoms. The Morgan fingerprint density at radius 1 is 1.43 bits per heavy atom. The number of carbonyl (C=O) groups is 1. The lowest BCUT2D eigenvalue weighted by atomic mass is 10.2. The van der Waals surface area contributed by atoms with E-state index in [0.717, 1.165) is 23.9 Å². The molecule has 0 aliphatic heterocycles. The van der Waals surface area contributed by atoms with Crippen molar-refractivity contribution in [1.29, 1.82) is 0 Å². The van der Waals surface area contributed by atoms with Crippen molar-refractivity contribution in [3.05, 3.63) is 29.3 Å². The van der Waals surface area contributed by atoms with E-state index in [-0.39, 0.29) is 10.5 Å². The highest BCUT2D eigenvalue weighted by Gasteiger charge is 2.14. The highest BCUT2D eigenvalue weighted by Crippen LogP contribution is 2.25. The van der Waals surface area contributed by atoms with Crippen LogP contribution < -0.4 is 0 Å². The summed E-state index contributed by atoms with van der Waals surface area (Å²) >= 11 is 1.01. The van der Waals surface area contributed by atoms with Gasteiger partial charge in [0.05, 0.1) is 10.5 Å². The van der Waals surface area contributed by atoms with E-state index < -0.39 is 17.6 Å². The van der Waals surface area contributed by atoms with Crippen LogP contribution in [0.1, 0.15) is 17.3 Å². The Bertz CT molecular complexity index is 343. The molecule has 1 aromatic carbocycles. The van der Waals surface area contributed by atoms with Gasteiger partial charge in [0.25, 0.3) is 0 Å². The van der Waals surface area contributed by atoms with E-state index in [2.05, 4.69) is 0 Å². The molecule has 0 bridgehead atoms. The van der Waals surface area contributed by atoms with Gasteiger partial charge in [-0.1, -0.05) is 6.92 Å². The van der Waals surface area contributed by atoms with Gasteiger partial charge in [-0.15, -0.1) is 11.8 Å². The second kappa shape index (κ2) is 4.41. The van der Waals surface area contributed by atoms with Gasteiger partial charge in [-0.05, 0) is 17.9 Å². The van der Waals surface area contributed by atoms with Crippen molar-refractivity contribution in [2.24, 2.45) is 0 Å². The van der Waals surface area contributed by atoms with Crippen LogP contribution in [0, 0.1) is 11.6 Å². The molecule has 0 aromatic heterocycles. The van der Waals surface area contributed by atoms with Gasteiger partial charge in [0.2, 0.25) is 0 Å². The predicted molar refractivity (Wildman–Crippen MR) is 49.7 cm³/mol. The molecule has 0 heterocycles. The van der Waals surface area contributed by atoms with Gasteiger partial charge in [0.15, 0.2) is 0 Å². The van der Waals surface area contributed by atoms with Gasteiger partial charge in [0, 0.05) is 0 Å². The van der Waals surface area contributed by atoms with Gasteiger partial charge < -0.3 is 5.11 Å². The molecule has 0 atom stereocenters. The summed E-state index contributed by atoms with van der Waals surface area (Å²) in [6.45, 7) is 1.76. The van der Waals surface area contributed by atoms with Crippen LogP contribution in [0.5, 0.6) is 0 Å². The van der Waals surface area contributed by atoms with Crippen LogP contribution in [0.4, 0.5) is 8.78 Å². The van der Waals surface area contributed by atoms with Crippen molar-refractivity contribution in [2.45, 2.75) is 11.8 Å². The average molecular weight is 218 g/mol. The van der Waals surface area contributed by atoms with E-state index >= 15 is 0 Å². The quantitative estimate of drug-likeness (QED) is 0.792. The van der Waals surface area contributed by atoms with E-state index in [9.17, 15) is 13.6 Å². The lowest BCUT2D eigenvalue weighted by molar-refractivity contribution is 0.0695. The maximum atomic E-state index is 13.1. The number of thioether (sulfide) groups is 1. The SMILES string of the molecule is CCSc1c(F)cc(C(=O)O)cc1F. The molecule has 0 radical (unpaired) electrons. The fraction of sp³-hybridized carbons (Fsp3) is 0.222. The van der Waals surface area contributed by atoms with E-state index in [1.807, 2.05) is 0 Å². The van der Waals surface area contributed by atoms with Gasteiger partial charge in [0.1, 0.15) is 11.6 Å². The maximum absolute atomic E-state index is 13.1. The summed E-state index contributed by atoms with van der Waals surface area (Å²) in [6.07, 6.45) is 0. The van der Waals surface area contributed by atoms with Crippen molar-refractivity contribution in [3.63, 3.8) is 0 Å². The molecule has 1 rings (SSSR count). The van der Waals surface area contributed by atoms with Crippen molar-refractivity contribution < 1.29 is 18.7 Å². The lowest BCUT2D eigenvalue weighted by Crippen LogP contribution is -2.00. The number of halogens is 2. The van der Waals surface area contributed by atoms with Crippen molar-refractivity contribution in [1.82, 2.24) is 0 Å². The normalized spacial score (nSPS) is 10.2. The summed E-state index contributed by atoms with van der Waals surface area (Å²) in [5.41, 5.74) is -0.375. The average Bonchev–Trinajstić information content (AvgIpc) is 2.10. The molecule has 76 valence electrons. The number of aromatic carboxylic acids is 1. The Kier molecular flexibility index (Phi) is 3.46. The summed E-state index contributed by atoms with van der Waals surface area (Å²) in [6, 6.07) is 1.65. The molecular formula is C9H8F2O2S. The molecule has 1 N–H and O–H groups in total. The van der Waals surface area contributed by atoms with Gasteiger partial charge in [-0.25, -0.2) is 13.6 Å². The van der Waals surface area contributed by atoms with E-state index in [0.29, 0.717) is 5.75 Å². The van der Waals surface area contributed by atoms with Gasteiger partial charge in [-0.2, -0.15) is 0 Å². The highest BCUT2D eigenvalue weighted by molar-refractivity contribution is 7.99. The molecule has 2 nitrogen and oxygen atoms in total. The Morgan fingerprint density at radius 3 is 2.29 bits per heavy atom. The van der Waals surface area contributed by atoms with E-state index in [1.165, 1.54) is 0 Å². The first-order chi connectivity index (χ1) is 6.56. The fourth-order valence-electron chi connectivity index (χ4n) is 0.966.